The molecule has 1 fully saturated rings. The molecule has 1 aromatic heterocycles. The smallest absolute Gasteiger partial charge is 0.250 e. The van der Waals surface area contributed by atoms with Crippen LogP contribution in [0.2, 0.25) is 0 Å². The van der Waals surface area contributed by atoms with E-state index in [-0.39, 0.29) is 11.9 Å². The molecule has 1 amide bonds. The number of nitrogens with one attached hydrogen (secondary N) is 1. The molecule has 3 heterocycles. The second-order valence-electron chi connectivity index (χ2n) is 5.99. The van der Waals surface area contributed by atoms with Crippen LogP contribution in [0.1, 0.15) is 24.8 Å². The fourth-order valence-corrected chi connectivity index (χ4v) is 3.03. The number of amides is 1. The lowest BCUT2D eigenvalue weighted by atomic mass is 10.1. The number of aromatic nitrogens is 2. The second-order valence-corrected chi connectivity index (χ2v) is 5.99. The summed E-state index contributed by atoms with van der Waals surface area (Å²) in [5, 5.41) is 2.90. The summed E-state index contributed by atoms with van der Waals surface area (Å²) in [5.74, 6) is -0.116. The molecule has 0 saturated carbocycles. The highest BCUT2D eigenvalue weighted by atomic mass is 19.1. The van der Waals surface area contributed by atoms with Gasteiger partial charge in [0, 0.05) is 43.6 Å². The van der Waals surface area contributed by atoms with Crippen molar-refractivity contribution in [3.8, 4) is 0 Å². The molecule has 23 heavy (non-hydrogen) atoms. The molecule has 3 rings (SSSR count). The first-order valence-electron chi connectivity index (χ1n) is 7.93. The number of hydrogen-bond acceptors (Lipinski definition) is 5. The van der Waals surface area contributed by atoms with Gasteiger partial charge in [0.25, 0.3) is 0 Å². The molecule has 0 aliphatic carbocycles. The van der Waals surface area contributed by atoms with Crippen molar-refractivity contribution in [3.63, 3.8) is 0 Å². The molecule has 6 nitrogen and oxygen atoms in total. The summed E-state index contributed by atoms with van der Waals surface area (Å²) in [6, 6.07) is -0.0146. The van der Waals surface area contributed by atoms with Gasteiger partial charge in [-0.25, -0.2) is 14.4 Å². The van der Waals surface area contributed by atoms with E-state index >= 15 is 0 Å². The summed E-state index contributed by atoms with van der Waals surface area (Å²) in [6.45, 7) is 2.06. The van der Waals surface area contributed by atoms with Gasteiger partial charge < -0.3 is 10.1 Å². The molecular weight excluding hydrogens is 299 g/mol. The lowest BCUT2D eigenvalue weighted by Crippen LogP contribution is -2.40. The van der Waals surface area contributed by atoms with Crippen molar-refractivity contribution < 1.29 is 13.9 Å². The maximum Gasteiger partial charge on any atom is 0.250 e. The first-order chi connectivity index (χ1) is 11.2. The van der Waals surface area contributed by atoms with Gasteiger partial charge in [0.05, 0.1) is 18.4 Å². The van der Waals surface area contributed by atoms with Crippen molar-refractivity contribution in [1.29, 1.82) is 0 Å². The van der Waals surface area contributed by atoms with Crippen LogP contribution in [-0.2, 0) is 16.1 Å². The Kier molecular flexibility index (Phi) is 5.17. The molecule has 0 bridgehead atoms. The van der Waals surface area contributed by atoms with Crippen LogP contribution in [0.5, 0.6) is 0 Å². The van der Waals surface area contributed by atoms with Gasteiger partial charge in [-0.05, 0) is 19.3 Å². The molecule has 0 spiro atoms. The lowest BCUT2D eigenvalue weighted by molar-refractivity contribution is -0.118. The second kappa shape index (κ2) is 7.50. The van der Waals surface area contributed by atoms with E-state index < -0.39 is 6.17 Å². The van der Waals surface area contributed by atoms with E-state index in [0.717, 1.165) is 18.4 Å². The van der Waals surface area contributed by atoms with E-state index in [1.54, 1.807) is 12.4 Å². The largest absolute Gasteiger partial charge is 0.501 e. The van der Waals surface area contributed by atoms with E-state index in [1.807, 2.05) is 4.90 Å². The van der Waals surface area contributed by atoms with Gasteiger partial charge in [0.1, 0.15) is 12.5 Å². The highest BCUT2D eigenvalue weighted by Gasteiger charge is 2.32. The third-order valence-electron chi connectivity index (χ3n) is 4.20. The van der Waals surface area contributed by atoms with E-state index in [0.29, 0.717) is 38.2 Å². The number of carbonyl (C=O) groups is 1. The molecule has 1 N–H and O–H groups in total. The molecule has 0 unspecified atom stereocenters. The van der Waals surface area contributed by atoms with Crippen molar-refractivity contribution in [1.82, 2.24) is 20.2 Å². The van der Waals surface area contributed by atoms with E-state index in [2.05, 4.69) is 15.3 Å². The quantitative estimate of drug-likeness (QED) is 0.883. The van der Waals surface area contributed by atoms with Crippen LogP contribution >= 0.6 is 0 Å². The van der Waals surface area contributed by atoms with Gasteiger partial charge in [0.15, 0.2) is 0 Å². The van der Waals surface area contributed by atoms with Crippen molar-refractivity contribution in [3.05, 3.63) is 36.1 Å². The predicted molar refractivity (Wildman–Crippen MR) is 82.0 cm³/mol. The van der Waals surface area contributed by atoms with Crippen LogP contribution in [0.3, 0.4) is 0 Å². The zero-order valence-corrected chi connectivity index (χ0v) is 12.9. The molecule has 124 valence electrons. The van der Waals surface area contributed by atoms with Gasteiger partial charge in [-0.15, -0.1) is 0 Å². The van der Waals surface area contributed by atoms with Crippen molar-refractivity contribution in [2.75, 3.05) is 19.7 Å². The number of likely N-dealkylation sites (tertiary alicyclic amines) is 1. The minimum Gasteiger partial charge on any atom is -0.501 e. The number of halogens is 1. The number of ether oxygens (including phenoxy) is 1. The fraction of sp³-hybridized carbons (Fsp3) is 0.562. The third kappa shape index (κ3) is 4.25. The first-order valence-corrected chi connectivity index (χ1v) is 7.93. The van der Waals surface area contributed by atoms with E-state index in [4.69, 9.17) is 4.74 Å². The molecular formula is C16H21FN4O2. The first kappa shape index (κ1) is 15.9. The fourth-order valence-electron chi connectivity index (χ4n) is 3.03. The van der Waals surface area contributed by atoms with Crippen LogP contribution in [0.4, 0.5) is 4.39 Å². The summed E-state index contributed by atoms with van der Waals surface area (Å²) in [6.07, 6.45) is 7.63. The van der Waals surface area contributed by atoms with Crippen molar-refractivity contribution in [2.24, 2.45) is 0 Å². The Morgan fingerprint density at radius 2 is 2.26 bits per heavy atom. The van der Waals surface area contributed by atoms with Crippen molar-refractivity contribution >= 4 is 5.91 Å². The maximum absolute atomic E-state index is 13.8. The summed E-state index contributed by atoms with van der Waals surface area (Å²) < 4.78 is 19.0. The van der Waals surface area contributed by atoms with Crippen LogP contribution in [0.15, 0.2) is 30.6 Å². The number of hydrogen-bond donors (Lipinski definition) is 1. The van der Waals surface area contributed by atoms with Gasteiger partial charge in [-0.1, -0.05) is 0 Å². The molecule has 0 aromatic carbocycles. The monoisotopic (exact) mass is 320 g/mol. The Balaban J connectivity index is 1.55. The summed E-state index contributed by atoms with van der Waals surface area (Å²) in [7, 11) is 0. The summed E-state index contributed by atoms with van der Waals surface area (Å²) in [5.41, 5.74) is 1.61. The highest BCUT2D eigenvalue weighted by molar-refractivity contribution is 5.93. The highest BCUT2D eigenvalue weighted by Crippen LogP contribution is 2.22. The number of nitrogens with zero attached hydrogens (tertiary/aromatic N) is 3. The normalized spacial score (nSPS) is 24.8. The Bertz CT molecular complexity index is 566. The zero-order valence-electron chi connectivity index (χ0n) is 12.9. The number of rotatable bonds is 5. The van der Waals surface area contributed by atoms with Crippen LogP contribution < -0.4 is 5.32 Å². The van der Waals surface area contributed by atoms with Crippen LogP contribution in [-0.4, -0.2) is 52.7 Å². The molecule has 2 aliphatic heterocycles. The minimum absolute atomic E-state index is 0.0146. The van der Waals surface area contributed by atoms with Gasteiger partial charge >= 0.3 is 0 Å². The predicted octanol–water partition coefficient (Wildman–Crippen LogP) is 1.20. The Labute approximate surface area is 134 Å². The Morgan fingerprint density at radius 1 is 1.43 bits per heavy atom. The van der Waals surface area contributed by atoms with Gasteiger partial charge in [-0.2, -0.15) is 0 Å². The van der Waals surface area contributed by atoms with E-state index in [9.17, 15) is 9.18 Å². The lowest BCUT2D eigenvalue weighted by Gasteiger charge is -2.24. The molecule has 2 atom stereocenters. The number of alkyl halides is 1. The van der Waals surface area contributed by atoms with Crippen LogP contribution in [0.25, 0.3) is 0 Å². The van der Waals surface area contributed by atoms with Crippen LogP contribution in [0, 0.1) is 0 Å². The molecule has 1 saturated heterocycles. The molecule has 0 radical (unpaired) electrons. The zero-order chi connectivity index (χ0) is 16.1. The van der Waals surface area contributed by atoms with Gasteiger partial charge in [-0.3, -0.25) is 9.69 Å². The average molecular weight is 320 g/mol. The van der Waals surface area contributed by atoms with Gasteiger partial charge in [0.2, 0.25) is 5.91 Å². The molecule has 2 aliphatic rings. The average Bonchev–Trinajstić information content (AvgIpc) is 2.94. The minimum atomic E-state index is -0.862. The standard InChI is InChI=1S/C16H21FN4O2/c17-14-4-15(7-20-16(22)13-2-1-3-23-10-13)21(9-14)8-12-5-18-11-19-6-12/h5-6,10-11,14-15H,1-4,7-9H2,(H,20,22)/t14-,15-/m0/s1. The summed E-state index contributed by atoms with van der Waals surface area (Å²) in [4.78, 5) is 22.1. The number of carbonyl (C=O) groups excluding carboxylic acids is 1. The van der Waals surface area contributed by atoms with E-state index in [1.165, 1.54) is 12.6 Å². The summed E-state index contributed by atoms with van der Waals surface area (Å²) >= 11 is 0. The molecule has 1 aromatic rings. The third-order valence-corrected chi connectivity index (χ3v) is 4.20. The Morgan fingerprint density at radius 3 is 3.00 bits per heavy atom. The maximum atomic E-state index is 13.8. The SMILES string of the molecule is O=C(NC[C@@H]1C[C@H](F)CN1Cc1cncnc1)C1=COCCC1. The Hall–Kier alpha value is -2.02. The topological polar surface area (TPSA) is 67.4 Å². The van der Waals surface area contributed by atoms with Crippen molar-refractivity contribution in [2.45, 2.75) is 38.0 Å². The molecule has 7 heteroatoms.